The standard InChI is InChI=1S/C21H23NO2/c1-11-10-23-19-14-7-8-15-13(6-5-9-21(15,3)4)17(14)18-20(16(11)19)24-12(2)22-18/h7-8,11H,5-6,9-10H2,1-4H3. The van der Waals surface area contributed by atoms with Gasteiger partial charge in [-0.25, -0.2) is 4.98 Å². The summed E-state index contributed by atoms with van der Waals surface area (Å²) in [6.07, 6.45) is 3.59. The van der Waals surface area contributed by atoms with E-state index >= 15 is 0 Å². The zero-order valence-electron chi connectivity index (χ0n) is 14.8. The highest BCUT2D eigenvalue weighted by Crippen LogP contribution is 2.49. The first-order valence-electron chi connectivity index (χ1n) is 8.99. The largest absolute Gasteiger partial charge is 0.492 e. The van der Waals surface area contributed by atoms with Crippen molar-refractivity contribution in [2.75, 3.05) is 6.61 Å². The van der Waals surface area contributed by atoms with Crippen molar-refractivity contribution in [2.24, 2.45) is 0 Å². The third kappa shape index (κ3) is 1.70. The monoisotopic (exact) mass is 321 g/mol. The molecule has 124 valence electrons. The summed E-state index contributed by atoms with van der Waals surface area (Å²) in [7, 11) is 0. The van der Waals surface area contributed by atoms with Crippen LogP contribution >= 0.6 is 0 Å². The number of hydrogen-bond acceptors (Lipinski definition) is 3. The maximum atomic E-state index is 6.10. The molecule has 24 heavy (non-hydrogen) atoms. The number of nitrogens with zero attached hydrogens (tertiary/aromatic N) is 1. The average molecular weight is 321 g/mol. The summed E-state index contributed by atoms with van der Waals surface area (Å²) < 4.78 is 12.1. The topological polar surface area (TPSA) is 35.3 Å². The second kappa shape index (κ2) is 4.53. The van der Waals surface area contributed by atoms with Crippen LogP contribution in [0, 0.1) is 6.92 Å². The Hall–Kier alpha value is -2.03. The molecule has 0 saturated heterocycles. The molecule has 2 heterocycles. The highest BCUT2D eigenvalue weighted by Gasteiger charge is 2.34. The molecule has 1 aliphatic heterocycles. The Labute approximate surface area is 142 Å². The van der Waals surface area contributed by atoms with Gasteiger partial charge in [0.2, 0.25) is 0 Å². The van der Waals surface area contributed by atoms with Gasteiger partial charge in [-0.05, 0) is 35.8 Å². The molecule has 0 fully saturated rings. The van der Waals surface area contributed by atoms with Gasteiger partial charge in [-0.15, -0.1) is 0 Å². The van der Waals surface area contributed by atoms with Crippen LogP contribution in [0.2, 0.25) is 0 Å². The Balaban J connectivity index is 2.00. The number of fused-ring (bicyclic) bond motifs is 8. The van der Waals surface area contributed by atoms with E-state index in [4.69, 9.17) is 14.1 Å². The van der Waals surface area contributed by atoms with Gasteiger partial charge in [0.25, 0.3) is 0 Å². The molecule has 3 heteroatoms. The molecule has 0 spiro atoms. The average Bonchev–Trinajstić information content (AvgIpc) is 3.09. The number of benzene rings is 2. The fourth-order valence-corrected chi connectivity index (χ4v) is 4.77. The normalized spacial score (nSPS) is 21.8. The quantitative estimate of drug-likeness (QED) is 0.556. The van der Waals surface area contributed by atoms with Crippen LogP contribution in [0.5, 0.6) is 5.75 Å². The molecule has 2 aliphatic rings. The van der Waals surface area contributed by atoms with Crippen molar-refractivity contribution in [3.05, 3.63) is 34.7 Å². The summed E-state index contributed by atoms with van der Waals surface area (Å²) in [6.45, 7) is 9.59. The lowest BCUT2D eigenvalue weighted by Gasteiger charge is -2.33. The van der Waals surface area contributed by atoms with E-state index < -0.39 is 0 Å². The highest BCUT2D eigenvalue weighted by molar-refractivity contribution is 6.11. The first kappa shape index (κ1) is 14.3. The van der Waals surface area contributed by atoms with Crippen molar-refractivity contribution in [2.45, 2.75) is 58.3 Å². The fourth-order valence-electron chi connectivity index (χ4n) is 4.77. The van der Waals surface area contributed by atoms with Gasteiger partial charge in [-0.1, -0.05) is 32.9 Å². The van der Waals surface area contributed by atoms with Gasteiger partial charge in [0.15, 0.2) is 11.5 Å². The van der Waals surface area contributed by atoms with Gasteiger partial charge in [-0.3, -0.25) is 0 Å². The molecule has 1 atom stereocenters. The van der Waals surface area contributed by atoms with E-state index in [-0.39, 0.29) is 5.41 Å². The Morgan fingerprint density at radius 3 is 2.92 bits per heavy atom. The first-order chi connectivity index (χ1) is 11.5. The smallest absolute Gasteiger partial charge is 0.192 e. The zero-order valence-corrected chi connectivity index (χ0v) is 14.8. The van der Waals surface area contributed by atoms with Crippen molar-refractivity contribution in [1.82, 2.24) is 4.98 Å². The molecule has 0 N–H and O–H groups in total. The molecule has 5 rings (SSSR count). The van der Waals surface area contributed by atoms with E-state index in [1.54, 1.807) is 0 Å². The molecule has 3 aromatic rings. The van der Waals surface area contributed by atoms with Gasteiger partial charge in [0.05, 0.1) is 6.61 Å². The van der Waals surface area contributed by atoms with E-state index in [1.807, 2.05) is 6.92 Å². The molecule has 0 radical (unpaired) electrons. The Bertz CT molecular complexity index is 996. The van der Waals surface area contributed by atoms with Crippen LogP contribution in [0.15, 0.2) is 16.5 Å². The maximum absolute atomic E-state index is 6.10. The van der Waals surface area contributed by atoms with Crippen LogP contribution in [0.1, 0.15) is 62.1 Å². The van der Waals surface area contributed by atoms with Gasteiger partial charge < -0.3 is 9.15 Å². The number of hydrogen-bond donors (Lipinski definition) is 0. The van der Waals surface area contributed by atoms with Crippen molar-refractivity contribution >= 4 is 21.9 Å². The van der Waals surface area contributed by atoms with Crippen molar-refractivity contribution in [3.8, 4) is 5.75 Å². The Kier molecular flexibility index (Phi) is 2.70. The molecule has 2 aromatic carbocycles. The third-order valence-electron chi connectivity index (χ3n) is 5.95. The number of oxazole rings is 1. The third-order valence-corrected chi connectivity index (χ3v) is 5.95. The summed E-state index contributed by atoms with van der Waals surface area (Å²) in [4.78, 5) is 4.79. The molecule has 1 aromatic heterocycles. The minimum absolute atomic E-state index is 0.222. The highest BCUT2D eigenvalue weighted by atomic mass is 16.5. The van der Waals surface area contributed by atoms with Crippen molar-refractivity contribution in [1.29, 1.82) is 0 Å². The lowest BCUT2D eigenvalue weighted by Crippen LogP contribution is -2.23. The second-order valence-electron chi connectivity index (χ2n) is 8.12. The number of ether oxygens (including phenoxy) is 1. The number of aromatic nitrogens is 1. The fraction of sp³-hybridized carbons (Fsp3) is 0.476. The zero-order chi connectivity index (χ0) is 16.6. The van der Waals surface area contributed by atoms with E-state index in [0.29, 0.717) is 5.92 Å². The molecular formula is C21H23NO2. The van der Waals surface area contributed by atoms with Crippen molar-refractivity contribution in [3.63, 3.8) is 0 Å². The second-order valence-corrected chi connectivity index (χ2v) is 8.12. The van der Waals surface area contributed by atoms with E-state index in [0.717, 1.165) is 35.8 Å². The minimum atomic E-state index is 0.222. The van der Waals surface area contributed by atoms with Crippen LogP contribution in [-0.4, -0.2) is 11.6 Å². The van der Waals surface area contributed by atoms with E-state index in [1.165, 1.54) is 40.3 Å². The first-order valence-corrected chi connectivity index (χ1v) is 8.99. The summed E-state index contributed by atoms with van der Waals surface area (Å²) in [6, 6.07) is 4.57. The molecule has 1 unspecified atom stereocenters. The number of rotatable bonds is 0. The Morgan fingerprint density at radius 1 is 1.25 bits per heavy atom. The molecular weight excluding hydrogens is 298 g/mol. The minimum Gasteiger partial charge on any atom is -0.492 e. The van der Waals surface area contributed by atoms with Crippen molar-refractivity contribution < 1.29 is 9.15 Å². The molecule has 0 amide bonds. The van der Waals surface area contributed by atoms with Gasteiger partial charge in [0, 0.05) is 29.2 Å². The van der Waals surface area contributed by atoms with Crippen LogP contribution in [0.3, 0.4) is 0 Å². The Morgan fingerprint density at radius 2 is 2.08 bits per heavy atom. The van der Waals surface area contributed by atoms with Crippen LogP contribution < -0.4 is 4.74 Å². The summed E-state index contributed by atoms with van der Waals surface area (Å²) in [5, 5.41) is 2.48. The number of aryl methyl sites for hydroxylation is 2. The predicted molar refractivity (Wildman–Crippen MR) is 96.1 cm³/mol. The molecule has 0 bridgehead atoms. The van der Waals surface area contributed by atoms with Gasteiger partial charge in [-0.2, -0.15) is 0 Å². The van der Waals surface area contributed by atoms with Crippen LogP contribution in [0.4, 0.5) is 0 Å². The molecule has 1 aliphatic carbocycles. The lowest BCUT2D eigenvalue weighted by atomic mass is 9.71. The van der Waals surface area contributed by atoms with E-state index in [2.05, 4.69) is 32.9 Å². The van der Waals surface area contributed by atoms with Gasteiger partial charge in [0.1, 0.15) is 11.3 Å². The molecule has 0 saturated carbocycles. The SMILES string of the molecule is Cc1nc2c(o1)c1c(c3ccc4c(c32)CCCC4(C)C)OCC1C. The van der Waals surface area contributed by atoms with Crippen LogP contribution in [-0.2, 0) is 11.8 Å². The summed E-state index contributed by atoms with van der Waals surface area (Å²) >= 11 is 0. The predicted octanol–water partition coefficient (Wildman–Crippen LogP) is 5.40. The van der Waals surface area contributed by atoms with E-state index in [9.17, 15) is 0 Å². The van der Waals surface area contributed by atoms with Gasteiger partial charge >= 0.3 is 0 Å². The summed E-state index contributed by atoms with van der Waals surface area (Å²) in [5.74, 6) is 2.12. The maximum Gasteiger partial charge on any atom is 0.192 e. The van der Waals surface area contributed by atoms with Crippen LogP contribution in [0.25, 0.3) is 21.9 Å². The molecule has 3 nitrogen and oxygen atoms in total. The summed E-state index contributed by atoms with van der Waals surface area (Å²) in [5.41, 5.74) is 6.32. The lowest BCUT2D eigenvalue weighted by molar-refractivity contribution is 0.340.